The fourth-order valence-electron chi connectivity index (χ4n) is 2.11. The van der Waals surface area contributed by atoms with Crippen LogP contribution in [0.25, 0.3) is 0 Å². The molecule has 2 aromatic rings. The van der Waals surface area contributed by atoms with Crippen LogP contribution < -0.4 is 10.1 Å². The number of carbonyl (C=O) groups excluding carboxylic acids is 2. The molecule has 27 heavy (non-hydrogen) atoms. The van der Waals surface area contributed by atoms with Crippen molar-refractivity contribution in [3.8, 4) is 5.75 Å². The lowest BCUT2D eigenvalue weighted by molar-refractivity contribution is -0.138. The molecule has 0 saturated heterocycles. The molecule has 1 heterocycles. The zero-order chi connectivity index (χ0) is 19.6. The largest absolute Gasteiger partial charge is 0.491 e. The van der Waals surface area contributed by atoms with Crippen LogP contribution in [0.3, 0.4) is 0 Å². The molecular formula is C18H21N3O6. The molecule has 1 atom stereocenters. The molecule has 0 radical (unpaired) electrons. The number of aromatic nitrogens is 2. The third kappa shape index (κ3) is 6.48. The van der Waals surface area contributed by atoms with E-state index in [-0.39, 0.29) is 12.3 Å². The highest BCUT2D eigenvalue weighted by Gasteiger charge is 2.13. The number of nitrogens with one attached hydrogen (secondary N) is 1. The van der Waals surface area contributed by atoms with Crippen LogP contribution in [0.2, 0.25) is 0 Å². The topological polar surface area (TPSA) is 112 Å². The molecule has 2 N–H and O–H groups in total. The van der Waals surface area contributed by atoms with E-state index in [2.05, 4.69) is 19.8 Å². The Morgan fingerprint density at radius 1 is 1.26 bits per heavy atom. The lowest BCUT2D eigenvalue weighted by Gasteiger charge is -2.13. The van der Waals surface area contributed by atoms with Gasteiger partial charge in [-0.15, -0.1) is 0 Å². The van der Waals surface area contributed by atoms with E-state index in [1.165, 1.54) is 14.2 Å². The predicted molar refractivity (Wildman–Crippen MR) is 95.9 cm³/mol. The summed E-state index contributed by atoms with van der Waals surface area (Å²) in [6, 6.07) is 6.65. The molecule has 0 aliphatic rings. The first-order valence-corrected chi connectivity index (χ1v) is 8.03. The minimum Gasteiger partial charge on any atom is -0.491 e. The standard InChI is InChI=1S/C18H21N3O6/c1-25-17(23)9-16(18(24)26-2)20-13-3-5-15(6-4-13)27-11-14(22)10-21-8-7-19-12-21/h3-9,12,14,20,22H,10-11H2,1-2H3/b16-9+. The molecule has 0 fully saturated rings. The fourth-order valence-corrected chi connectivity index (χ4v) is 2.11. The van der Waals surface area contributed by atoms with E-state index in [0.29, 0.717) is 18.0 Å². The van der Waals surface area contributed by atoms with Gasteiger partial charge < -0.3 is 29.2 Å². The Balaban J connectivity index is 1.92. The van der Waals surface area contributed by atoms with Gasteiger partial charge in [-0.25, -0.2) is 14.6 Å². The van der Waals surface area contributed by atoms with Crippen LogP contribution in [0.15, 0.2) is 54.8 Å². The third-order valence-electron chi connectivity index (χ3n) is 3.43. The van der Waals surface area contributed by atoms with Gasteiger partial charge in [-0.2, -0.15) is 0 Å². The molecular weight excluding hydrogens is 354 g/mol. The number of aliphatic hydroxyl groups is 1. The van der Waals surface area contributed by atoms with Crippen LogP contribution in [-0.2, 0) is 25.6 Å². The number of anilines is 1. The molecule has 2 rings (SSSR count). The Hall–Kier alpha value is -3.33. The maximum atomic E-state index is 11.7. The molecule has 144 valence electrons. The van der Waals surface area contributed by atoms with Gasteiger partial charge in [0.25, 0.3) is 0 Å². The number of hydrogen-bond donors (Lipinski definition) is 2. The van der Waals surface area contributed by atoms with E-state index < -0.39 is 18.0 Å². The highest BCUT2D eigenvalue weighted by Crippen LogP contribution is 2.18. The van der Waals surface area contributed by atoms with Crippen LogP contribution in [0.5, 0.6) is 5.75 Å². The number of methoxy groups -OCH3 is 2. The molecule has 1 aromatic heterocycles. The fraction of sp³-hybridized carbons (Fsp3) is 0.278. The van der Waals surface area contributed by atoms with E-state index >= 15 is 0 Å². The monoisotopic (exact) mass is 375 g/mol. The summed E-state index contributed by atoms with van der Waals surface area (Å²) >= 11 is 0. The van der Waals surface area contributed by atoms with Gasteiger partial charge in [0.1, 0.15) is 24.2 Å². The van der Waals surface area contributed by atoms with Gasteiger partial charge in [0, 0.05) is 18.1 Å². The van der Waals surface area contributed by atoms with Crippen molar-refractivity contribution in [2.24, 2.45) is 0 Å². The van der Waals surface area contributed by atoms with Crippen molar-refractivity contribution < 1.29 is 28.9 Å². The second kappa shape index (κ2) is 9.97. The van der Waals surface area contributed by atoms with E-state index in [1.54, 1.807) is 47.6 Å². The number of aliphatic hydroxyl groups excluding tert-OH is 1. The number of rotatable bonds is 9. The molecule has 9 heteroatoms. The number of esters is 2. The number of carbonyl (C=O) groups is 2. The van der Waals surface area contributed by atoms with E-state index in [9.17, 15) is 14.7 Å². The second-order valence-electron chi connectivity index (χ2n) is 5.45. The van der Waals surface area contributed by atoms with E-state index in [1.807, 2.05) is 0 Å². The SMILES string of the molecule is COC(=O)/C=C(/Nc1ccc(OCC(O)Cn2ccnc2)cc1)C(=O)OC. The van der Waals surface area contributed by atoms with Crippen LogP contribution >= 0.6 is 0 Å². The Kier molecular flexibility index (Phi) is 7.38. The lowest BCUT2D eigenvalue weighted by atomic mass is 10.2. The highest BCUT2D eigenvalue weighted by atomic mass is 16.5. The molecule has 1 unspecified atom stereocenters. The first-order chi connectivity index (χ1) is 13.0. The van der Waals surface area contributed by atoms with E-state index in [4.69, 9.17) is 4.74 Å². The second-order valence-corrected chi connectivity index (χ2v) is 5.45. The number of benzene rings is 1. The zero-order valence-electron chi connectivity index (χ0n) is 15.0. The van der Waals surface area contributed by atoms with Gasteiger partial charge >= 0.3 is 11.9 Å². The average molecular weight is 375 g/mol. The maximum Gasteiger partial charge on any atom is 0.354 e. The van der Waals surface area contributed by atoms with Crippen molar-refractivity contribution >= 4 is 17.6 Å². The average Bonchev–Trinajstić information content (AvgIpc) is 3.19. The molecule has 0 bridgehead atoms. The Morgan fingerprint density at radius 2 is 2.00 bits per heavy atom. The van der Waals surface area contributed by atoms with Gasteiger partial charge in [-0.1, -0.05) is 0 Å². The van der Waals surface area contributed by atoms with Gasteiger partial charge in [0.15, 0.2) is 0 Å². The smallest absolute Gasteiger partial charge is 0.354 e. The lowest BCUT2D eigenvalue weighted by Crippen LogP contribution is -2.23. The number of nitrogens with zero attached hydrogens (tertiary/aromatic N) is 2. The summed E-state index contributed by atoms with van der Waals surface area (Å²) in [5.74, 6) is -0.847. The van der Waals surface area contributed by atoms with Crippen molar-refractivity contribution in [3.63, 3.8) is 0 Å². The molecule has 0 amide bonds. The Bertz CT molecular complexity index is 771. The van der Waals surface area contributed by atoms with Crippen LogP contribution in [0.1, 0.15) is 0 Å². The first kappa shape index (κ1) is 20.0. The minimum atomic E-state index is -0.705. The number of imidazole rings is 1. The van der Waals surface area contributed by atoms with Crippen molar-refractivity contribution in [3.05, 3.63) is 54.8 Å². The van der Waals surface area contributed by atoms with Crippen molar-refractivity contribution in [1.82, 2.24) is 9.55 Å². The van der Waals surface area contributed by atoms with Gasteiger partial charge in [-0.3, -0.25) is 0 Å². The Morgan fingerprint density at radius 3 is 2.59 bits per heavy atom. The van der Waals surface area contributed by atoms with Crippen LogP contribution in [0, 0.1) is 0 Å². The van der Waals surface area contributed by atoms with Crippen molar-refractivity contribution in [2.75, 3.05) is 26.1 Å². The Labute approximate surface area is 156 Å². The predicted octanol–water partition coefficient (Wildman–Crippen LogP) is 0.965. The maximum absolute atomic E-state index is 11.7. The van der Waals surface area contributed by atoms with Crippen LogP contribution in [-0.4, -0.2) is 53.5 Å². The molecule has 9 nitrogen and oxygen atoms in total. The first-order valence-electron chi connectivity index (χ1n) is 8.03. The summed E-state index contributed by atoms with van der Waals surface area (Å²) in [4.78, 5) is 27.0. The summed E-state index contributed by atoms with van der Waals surface area (Å²) in [6.45, 7) is 0.487. The van der Waals surface area contributed by atoms with Crippen molar-refractivity contribution in [1.29, 1.82) is 0 Å². The third-order valence-corrected chi connectivity index (χ3v) is 3.43. The highest BCUT2D eigenvalue weighted by molar-refractivity contribution is 5.98. The molecule has 0 saturated carbocycles. The zero-order valence-corrected chi connectivity index (χ0v) is 15.0. The summed E-state index contributed by atoms with van der Waals surface area (Å²) in [6.07, 6.45) is 5.32. The van der Waals surface area contributed by atoms with Gasteiger partial charge in [0.05, 0.1) is 33.2 Å². The normalized spacial score (nSPS) is 12.2. The number of ether oxygens (including phenoxy) is 3. The molecule has 0 spiro atoms. The quantitative estimate of drug-likeness (QED) is 0.492. The molecule has 0 aliphatic heterocycles. The summed E-state index contributed by atoms with van der Waals surface area (Å²) in [7, 11) is 2.42. The van der Waals surface area contributed by atoms with Gasteiger partial charge in [0.2, 0.25) is 0 Å². The molecule has 0 aliphatic carbocycles. The van der Waals surface area contributed by atoms with E-state index in [0.717, 1.165) is 6.08 Å². The van der Waals surface area contributed by atoms with Crippen LogP contribution in [0.4, 0.5) is 5.69 Å². The minimum absolute atomic E-state index is 0.0613. The summed E-state index contributed by atoms with van der Waals surface area (Å²) < 4.78 is 16.4. The molecule has 1 aromatic carbocycles. The van der Waals surface area contributed by atoms with Gasteiger partial charge in [-0.05, 0) is 24.3 Å². The number of hydrogen-bond acceptors (Lipinski definition) is 8. The summed E-state index contributed by atoms with van der Waals surface area (Å²) in [5.41, 5.74) is 0.482. The van der Waals surface area contributed by atoms with Crippen molar-refractivity contribution in [2.45, 2.75) is 12.6 Å². The summed E-state index contributed by atoms with van der Waals surface area (Å²) in [5, 5.41) is 12.8.